The molecule has 2 fully saturated rings. The topological polar surface area (TPSA) is 251 Å². The monoisotopic (exact) mass is 566 g/mol. The lowest BCUT2D eigenvalue weighted by Gasteiger charge is -2.39. The van der Waals surface area contributed by atoms with E-state index in [4.69, 9.17) is 13.9 Å². The van der Waals surface area contributed by atoms with Gasteiger partial charge in [-0.2, -0.15) is 0 Å². The summed E-state index contributed by atoms with van der Waals surface area (Å²) >= 11 is 0. The lowest BCUT2D eigenvalue weighted by atomic mass is 9.74. The number of benzene rings is 2. The predicted octanol–water partition coefficient (Wildman–Crippen LogP) is -1.55. The SMILES string of the molecule is O=c1c2cc(O[C@@H]3O[C@H](CO)[C@@H](O)[C@H](O)[C@H]3O)c(O)cc2oc2cc(O)c(C3C[C@H](CO)[C@@H](O)[C@H](O)C3)c(O)c12. The van der Waals surface area contributed by atoms with E-state index >= 15 is 0 Å². The molecule has 1 saturated heterocycles. The van der Waals surface area contributed by atoms with Crippen LogP contribution in [0.1, 0.15) is 24.3 Å². The van der Waals surface area contributed by atoms with Crippen molar-refractivity contribution in [3.63, 3.8) is 0 Å². The average molecular weight is 567 g/mol. The van der Waals surface area contributed by atoms with E-state index in [9.17, 15) is 55.9 Å². The predicted molar refractivity (Wildman–Crippen MR) is 134 cm³/mol. The molecule has 0 amide bonds. The number of aliphatic hydroxyl groups excluding tert-OH is 7. The Morgan fingerprint density at radius 3 is 2.20 bits per heavy atom. The minimum atomic E-state index is -1.79. The quantitative estimate of drug-likeness (QED) is 0.157. The Kier molecular flexibility index (Phi) is 7.54. The van der Waals surface area contributed by atoms with Gasteiger partial charge in [0, 0.05) is 30.2 Å². The third kappa shape index (κ3) is 4.61. The molecule has 1 saturated carbocycles. The van der Waals surface area contributed by atoms with Crippen LogP contribution in [0.3, 0.4) is 0 Å². The van der Waals surface area contributed by atoms with Crippen LogP contribution in [0.25, 0.3) is 21.9 Å². The molecule has 2 heterocycles. The molecule has 218 valence electrons. The van der Waals surface area contributed by atoms with Crippen LogP contribution in [0.4, 0.5) is 0 Å². The van der Waals surface area contributed by atoms with E-state index in [0.29, 0.717) is 0 Å². The minimum absolute atomic E-state index is 0.0613. The second-order valence-electron chi connectivity index (χ2n) is 10.3. The minimum Gasteiger partial charge on any atom is -0.507 e. The van der Waals surface area contributed by atoms with Crippen LogP contribution in [0.5, 0.6) is 23.0 Å². The zero-order valence-corrected chi connectivity index (χ0v) is 20.9. The van der Waals surface area contributed by atoms with Crippen LogP contribution < -0.4 is 10.2 Å². The molecule has 9 atom stereocenters. The maximum Gasteiger partial charge on any atom is 0.229 e. The van der Waals surface area contributed by atoms with Gasteiger partial charge in [-0.3, -0.25) is 4.79 Å². The van der Waals surface area contributed by atoms with E-state index < -0.39 is 96.4 Å². The van der Waals surface area contributed by atoms with Gasteiger partial charge in [0.2, 0.25) is 11.7 Å². The van der Waals surface area contributed by atoms with Crippen molar-refractivity contribution in [3.8, 4) is 23.0 Å². The fourth-order valence-corrected chi connectivity index (χ4v) is 5.56. The second kappa shape index (κ2) is 10.6. The van der Waals surface area contributed by atoms with Crippen molar-refractivity contribution in [2.24, 2.45) is 5.92 Å². The van der Waals surface area contributed by atoms with Gasteiger partial charge in [0.1, 0.15) is 52.5 Å². The van der Waals surface area contributed by atoms with Crippen LogP contribution in [-0.2, 0) is 4.74 Å². The molecule has 10 N–H and O–H groups in total. The first-order chi connectivity index (χ1) is 19.0. The number of ether oxygens (including phenoxy) is 2. The summed E-state index contributed by atoms with van der Waals surface area (Å²) in [5.41, 5.74) is -1.23. The highest BCUT2D eigenvalue weighted by molar-refractivity contribution is 5.96. The van der Waals surface area contributed by atoms with Crippen molar-refractivity contribution in [3.05, 3.63) is 34.0 Å². The van der Waals surface area contributed by atoms with Crippen molar-refractivity contribution >= 4 is 21.9 Å². The third-order valence-corrected chi connectivity index (χ3v) is 7.76. The summed E-state index contributed by atoms with van der Waals surface area (Å²) in [6, 6.07) is 3.17. The molecule has 1 aliphatic heterocycles. The number of rotatable bonds is 5. The summed E-state index contributed by atoms with van der Waals surface area (Å²) in [5.74, 6) is -3.48. The molecule has 14 nitrogen and oxygen atoms in total. The molecule has 0 bridgehead atoms. The number of hydrogen-bond acceptors (Lipinski definition) is 14. The molecule has 2 aromatic carbocycles. The molecule has 0 radical (unpaired) electrons. The highest BCUT2D eigenvalue weighted by Crippen LogP contribution is 2.47. The number of phenols is 3. The van der Waals surface area contributed by atoms with Gasteiger partial charge in [0.15, 0.2) is 11.5 Å². The van der Waals surface area contributed by atoms with Crippen molar-refractivity contribution in [2.75, 3.05) is 13.2 Å². The van der Waals surface area contributed by atoms with Crippen molar-refractivity contribution < 1.29 is 65.0 Å². The van der Waals surface area contributed by atoms with E-state index in [-0.39, 0.29) is 40.3 Å². The highest BCUT2D eigenvalue weighted by atomic mass is 16.7. The van der Waals surface area contributed by atoms with Crippen molar-refractivity contribution in [1.29, 1.82) is 0 Å². The Morgan fingerprint density at radius 1 is 0.825 bits per heavy atom. The molecule has 14 heteroatoms. The number of aromatic hydroxyl groups is 3. The molecular weight excluding hydrogens is 536 g/mol. The molecule has 0 spiro atoms. The molecule has 2 aliphatic rings. The summed E-state index contributed by atoms with van der Waals surface area (Å²) in [4.78, 5) is 13.6. The first-order valence-electron chi connectivity index (χ1n) is 12.6. The van der Waals surface area contributed by atoms with Crippen LogP contribution in [0.15, 0.2) is 27.4 Å². The Balaban J connectivity index is 1.58. The van der Waals surface area contributed by atoms with Gasteiger partial charge in [-0.05, 0) is 24.8 Å². The number of aliphatic hydroxyl groups is 7. The Labute approximate surface area is 225 Å². The summed E-state index contributed by atoms with van der Waals surface area (Å²) in [6.45, 7) is -1.16. The zero-order chi connectivity index (χ0) is 29.0. The molecule has 3 aromatic rings. The van der Waals surface area contributed by atoms with E-state index in [1.165, 1.54) is 0 Å². The van der Waals surface area contributed by atoms with Gasteiger partial charge in [-0.15, -0.1) is 0 Å². The van der Waals surface area contributed by atoms with Gasteiger partial charge in [-0.1, -0.05) is 0 Å². The Bertz CT molecular complexity index is 1470. The van der Waals surface area contributed by atoms with Crippen molar-refractivity contribution in [2.45, 2.75) is 61.7 Å². The second-order valence-corrected chi connectivity index (χ2v) is 10.3. The summed E-state index contributed by atoms with van der Waals surface area (Å²) in [6.07, 6.45) is -10.5. The van der Waals surface area contributed by atoms with Gasteiger partial charge in [-0.25, -0.2) is 0 Å². The fraction of sp³-hybridized carbons (Fsp3) is 0.500. The van der Waals surface area contributed by atoms with Gasteiger partial charge in [0.25, 0.3) is 0 Å². The summed E-state index contributed by atoms with van der Waals surface area (Å²) in [7, 11) is 0. The average Bonchev–Trinajstić information content (AvgIpc) is 2.91. The molecular formula is C26H30O14. The van der Waals surface area contributed by atoms with E-state index in [1.807, 2.05) is 0 Å². The Hall–Kier alpha value is -3.21. The summed E-state index contributed by atoms with van der Waals surface area (Å²) < 4.78 is 16.4. The first-order valence-corrected chi connectivity index (χ1v) is 12.6. The van der Waals surface area contributed by atoms with Gasteiger partial charge >= 0.3 is 0 Å². The molecule has 1 aromatic heterocycles. The van der Waals surface area contributed by atoms with Crippen LogP contribution in [0.2, 0.25) is 0 Å². The van der Waals surface area contributed by atoms with E-state index in [1.54, 1.807) is 0 Å². The smallest absolute Gasteiger partial charge is 0.229 e. The van der Waals surface area contributed by atoms with E-state index in [0.717, 1.165) is 18.2 Å². The van der Waals surface area contributed by atoms with Crippen LogP contribution in [0, 0.1) is 5.92 Å². The zero-order valence-electron chi connectivity index (χ0n) is 20.9. The lowest BCUT2D eigenvalue weighted by Crippen LogP contribution is -2.60. The van der Waals surface area contributed by atoms with Crippen LogP contribution >= 0.6 is 0 Å². The third-order valence-electron chi connectivity index (χ3n) is 7.76. The first kappa shape index (κ1) is 28.3. The van der Waals surface area contributed by atoms with Gasteiger partial charge in [0.05, 0.1) is 24.2 Å². The molecule has 5 rings (SSSR count). The van der Waals surface area contributed by atoms with Gasteiger partial charge < -0.3 is 65.0 Å². The molecule has 1 aliphatic carbocycles. The number of fused-ring (bicyclic) bond motifs is 2. The number of phenolic OH excluding ortho intramolecular Hbond substituents is 3. The largest absolute Gasteiger partial charge is 0.507 e. The fourth-order valence-electron chi connectivity index (χ4n) is 5.56. The maximum atomic E-state index is 13.6. The number of hydrogen-bond donors (Lipinski definition) is 10. The van der Waals surface area contributed by atoms with Crippen molar-refractivity contribution in [1.82, 2.24) is 0 Å². The standard InChI is InChI=1S/C26H30O14/c27-6-9-1-8(2-13(31)20(9)32)18-12(30)5-16-19(23(18)35)21(33)10-3-15(11(29)4-14(10)38-16)39-26-25(37)24(36)22(34)17(7-28)40-26/h3-5,8-9,13,17,20,22,24-32,34-37H,1-2,6-7H2/t8?,9-,13-,17-,20-,22-,24+,25-,26-/m1/s1. The van der Waals surface area contributed by atoms with E-state index in [2.05, 4.69) is 0 Å². The summed E-state index contributed by atoms with van der Waals surface area (Å²) in [5, 5.41) is 101. The Morgan fingerprint density at radius 2 is 1.52 bits per heavy atom. The normalized spacial score (nSPS) is 32.9. The van der Waals surface area contributed by atoms with Crippen LogP contribution in [-0.4, -0.2) is 107 Å². The molecule has 40 heavy (non-hydrogen) atoms. The highest BCUT2D eigenvalue weighted by Gasteiger charge is 2.45. The molecule has 1 unspecified atom stereocenters. The maximum absolute atomic E-state index is 13.6. The lowest BCUT2D eigenvalue weighted by molar-refractivity contribution is -0.277.